The van der Waals surface area contributed by atoms with Crippen LogP contribution in [0.5, 0.6) is 11.5 Å². The van der Waals surface area contributed by atoms with Gasteiger partial charge in [0.25, 0.3) is 0 Å². The summed E-state index contributed by atoms with van der Waals surface area (Å²) in [5, 5.41) is 0. The summed E-state index contributed by atoms with van der Waals surface area (Å²) in [7, 11) is 0. The van der Waals surface area contributed by atoms with Gasteiger partial charge in [0.05, 0.1) is 12.3 Å². The van der Waals surface area contributed by atoms with E-state index in [2.05, 4.69) is 13.5 Å². The van der Waals surface area contributed by atoms with Gasteiger partial charge in [0.15, 0.2) is 0 Å². The van der Waals surface area contributed by atoms with E-state index in [4.69, 9.17) is 15.2 Å². The summed E-state index contributed by atoms with van der Waals surface area (Å²) in [5.41, 5.74) is 6.46. The van der Waals surface area contributed by atoms with Crippen LogP contribution in [-0.2, 0) is 0 Å². The van der Waals surface area contributed by atoms with E-state index < -0.39 is 0 Å². The molecule has 112 valence electrons. The SMILES string of the molecule is C=CCOc1cc(OCCCCCCCC)ccc1N. The summed E-state index contributed by atoms with van der Waals surface area (Å²) < 4.78 is 11.2. The Bertz CT molecular complexity index is 391. The van der Waals surface area contributed by atoms with Crippen LogP contribution in [0.1, 0.15) is 45.4 Å². The van der Waals surface area contributed by atoms with Gasteiger partial charge in [0.2, 0.25) is 0 Å². The van der Waals surface area contributed by atoms with Crippen LogP contribution in [-0.4, -0.2) is 13.2 Å². The van der Waals surface area contributed by atoms with Crippen molar-refractivity contribution in [3.8, 4) is 11.5 Å². The molecule has 0 spiro atoms. The number of ether oxygens (including phenoxy) is 2. The van der Waals surface area contributed by atoms with Gasteiger partial charge in [0.1, 0.15) is 18.1 Å². The fourth-order valence-electron chi connectivity index (χ4n) is 1.95. The highest BCUT2D eigenvalue weighted by atomic mass is 16.5. The summed E-state index contributed by atoms with van der Waals surface area (Å²) in [4.78, 5) is 0. The fraction of sp³-hybridized carbons (Fsp3) is 0.529. The number of nitrogen functional groups attached to an aromatic ring is 1. The molecule has 0 aromatic heterocycles. The molecule has 0 atom stereocenters. The minimum Gasteiger partial charge on any atom is -0.493 e. The normalized spacial score (nSPS) is 10.2. The molecule has 1 rings (SSSR count). The number of hydrogen-bond donors (Lipinski definition) is 1. The molecule has 20 heavy (non-hydrogen) atoms. The molecule has 0 amide bonds. The smallest absolute Gasteiger partial charge is 0.146 e. The van der Waals surface area contributed by atoms with Crippen LogP contribution in [0, 0.1) is 0 Å². The van der Waals surface area contributed by atoms with Crippen molar-refractivity contribution >= 4 is 5.69 Å². The average Bonchev–Trinajstić information content (AvgIpc) is 2.46. The maximum Gasteiger partial charge on any atom is 0.146 e. The van der Waals surface area contributed by atoms with Gasteiger partial charge in [-0.15, -0.1) is 0 Å². The Hall–Kier alpha value is -1.64. The lowest BCUT2D eigenvalue weighted by molar-refractivity contribution is 0.300. The lowest BCUT2D eigenvalue weighted by Gasteiger charge is -2.10. The van der Waals surface area contributed by atoms with E-state index in [-0.39, 0.29) is 0 Å². The lowest BCUT2D eigenvalue weighted by Crippen LogP contribution is -2.00. The quantitative estimate of drug-likeness (QED) is 0.366. The summed E-state index contributed by atoms with van der Waals surface area (Å²) in [6.07, 6.45) is 9.28. The summed E-state index contributed by atoms with van der Waals surface area (Å²) >= 11 is 0. The summed E-state index contributed by atoms with van der Waals surface area (Å²) in [6, 6.07) is 5.54. The van der Waals surface area contributed by atoms with E-state index >= 15 is 0 Å². The zero-order valence-electron chi connectivity index (χ0n) is 12.6. The molecule has 1 aromatic rings. The van der Waals surface area contributed by atoms with Crippen molar-refractivity contribution < 1.29 is 9.47 Å². The van der Waals surface area contributed by atoms with Crippen LogP contribution in [0.15, 0.2) is 30.9 Å². The highest BCUT2D eigenvalue weighted by Crippen LogP contribution is 2.27. The molecule has 0 saturated carbocycles. The zero-order valence-corrected chi connectivity index (χ0v) is 12.6. The Kier molecular flexibility index (Phi) is 8.36. The van der Waals surface area contributed by atoms with Gasteiger partial charge in [-0.2, -0.15) is 0 Å². The van der Waals surface area contributed by atoms with Crippen LogP contribution in [0.3, 0.4) is 0 Å². The third-order valence-electron chi connectivity index (χ3n) is 3.11. The molecule has 0 saturated heterocycles. The Balaban J connectivity index is 2.27. The topological polar surface area (TPSA) is 44.5 Å². The second-order valence-corrected chi connectivity index (χ2v) is 4.92. The van der Waals surface area contributed by atoms with Gasteiger partial charge < -0.3 is 15.2 Å². The first-order valence-electron chi connectivity index (χ1n) is 7.54. The molecule has 0 radical (unpaired) electrons. The van der Waals surface area contributed by atoms with Gasteiger partial charge in [-0.3, -0.25) is 0 Å². The van der Waals surface area contributed by atoms with Crippen molar-refractivity contribution in [3.63, 3.8) is 0 Å². The number of benzene rings is 1. The van der Waals surface area contributed by atoms with Crippen LogP contribution in [0.25, 0.3) is 0 Å². The Morgan fingerprint density at radius 2 is 1.85 bits per heavy atom. The van der Waals surface area contributed by atoms with Crippen molar-refractivity contribution in [1.82, 2.24) is 0 Å². The number of nitrogens with two attached hydrogens (primary N) is 1. The molecular weight excluding hydrogens is 250 g/mol. The molecule has 0 fully saturated rings. The highest BCUT2D eigenvalue weighted by molar-refractivity contribution is 5.55. The van der Waals surface area contributed by atoms with Gasteiger partial charge in [-0.05, 0) is 18.6 Å². The number of rotatable bonds is 11. The van der Waals surface area contributed by atoms with E-state index in [1.165, 1.54) is 32.1 Å². The molecule has 0 aliphatic heterocycles. The van der Waals surface area contributed by atoms with E-state index in [0.29, 0.717) is 18.0 Å². The van der Waals surface area contributed by atoms with Gasteiger partial charge in [-0.25, -0.2) is 0 Å². The van der Waals surface area contributed by atoms with Crippen molar-refractivity contribution in [2.45, 2.75) is 45.4 Å². The second kappa shape index (κ2) is 10.2. The first-order chi connectivity index (χ1) is 9.77. The molecule has 2 N–H and O–H groups in total. The zero-order chi connectivity index (χ0) is 14.6. The van der Waals surface area contributed by atoms with Gasteiger partial charge >= 0.3 is 0 Å². The number of hydrogen-bond acceptors (Lipinski definition) is 3. The van der Waals surface area contributed by atoms with E-state index in [1.54, 1.807) is 6.08 Å². The minimum absolute atomic E-state index is 0.449. The molecule has 3 heteroatoms. The first kappa shape index (κ1) is 16.4. The van der Waals surface area contributed by atoms with Crippen LogP contribution >= 0.6 is 0 Å². The molecule has 3 nitrogen and oxygen atoms in total. The maximum atomic E-state index is 5.84. The number of unbranched alkanes of at least 4 members (excludes halogenated alkanes) is 5. The molecule has 0 bridgehead atoms. The van der Waals surface area contributed by atoms with E-state index in [0.717, 1.165) is 18.8 Å². The Morgan fingerprint density at radius 1 is 1.10 bits per heavy atom. The predicted molar refractivity (Wildman–Crippen MR) is 85.4 cm³/mol. The Labute approximate surface area is 122 Å². The van der Waals surface area contributed by atoms with Crippen molar-refractivity contribution in [1.29, 1.82) is 0 Å². The summed E-state index contributed by atoms with van der Waals surface area (Å²) in [6.45, 7) is 7.05. The second-order valence-electron chi connectivity index (χ2n) is 4.92. The maximum absolute atomic E-state index is 5.84. The monoisotopic (exact) mass is 277 g/mol. The standard InChI is InChI=1S/C17H27NO2/c1-3-5-6-7-8-9-13-19-15-10-11-16(18)17(14-15)20-12-4-2/h4,10-11,14H,2-3,5-9,12-13,18H2,1H3. The van der Waals surface area contributed by atoms with Crippen LogP contribution in [0.4, 0.5) is 5.69 Å². The largest absolute Gasteiger partial charge is 0.493 e. The van der Waals surface area contributed by atoms with Crippen molar-refractivity contribution in [3.05, 3.63) is 30.9 Å². The van der Waals surface area contributed by atoms with Crippen LogP contribution < -0.4 is 15.2 Å². The first-order valence-corrected chi connectivity index (χ1v) is 7.54. The van der Waals surface area contributed by atoms with E-state index in [1.807, 2.05) is 18.2 Å². The molecular formula is C17H27NO2. The van der Waals surface area contributed by atoms with Crippen LogP contribution in [0.2, 0.25) is 0 Å². The average molecular weight is 277 g/mol. The third-order valence-corrected chi connectivity index (χ3v) is 3.11. The molecule has 0 aliphatic rings. The molecule has 0 unspecified atom stereocenters. The predicted octanol–water partition coefficient (Wildman–Crippen LogP) is 4.57. The minimum atomic E-state index is 0.449. The van der Waals surface area contributed by atoms with Crippen molar-refractivity contribution in [2.24, 2.45) is 0 Å². The lowest BCUT2D eigenvalue weighted by atomic mass is 10.1. The third kappa shape index (κ3) is 6.50. The van der Waals surface area contributed by atoms with E-state index in [9.17, 15) is 0 Å². The summed E-state index contributed by atoms with van der Waals surface area (Å²) in [5.74, 6) is 1.47. The molecule has 0 heterocycles. The van der Waals surface area contributed by atoms with Gasteiger partial charge in [-0.1, -0.05) is 51.7 Å². The fourth-order valence-corrected chi connectivity index (χ4v) is 1.95. The molecule has 1 aromatic carbocycles. The molecule has 0 aliphatic carbocycles. The number of anilines is 1. The van der Waals surface area contributed by atoms with Gasteiger partial charge in [0, 0.05) is 6.07 Å². The van der Waals surface area contributed by atoms with Crippen molar-refractivity contribution in [2.75, 3.05) is 18.9 Å². The highest BCUT2D eigenvalue weighted by Gasteiger charge is 2.02. The Morgan fingerprint density at radius 3 is 2.60 bits per heavy atom.